The molecule has 1 aromatic heterocycles. The zero-order valence-electron chi connectivity index (χ0n) is 10.7. The fourth-order valence-electron chi connectivity index (χ4n) is 2.51. The SMILES string of the molecule is CNC[C@@H](C)c1c(C)csc1CCC1CC1. The third-order valence-corrected chi connectivity index (χ3v) is 4.76. The fraction of sp³-hybridized carbons (Fsp3) is 0.714. The molecule has 0 radical (unpaired) electrons. The molecule has 1 aromatic rings. The maximum Gasteiger partial charge on any atom is 0.00832 e. The first-order valence-corrected chi connectivity index (χ1v) is 7.31. The van der Waals surface area contributed by atoms with Gasteiger partial charge in [-0.3, -0.25) is 0 Å². The Hall–Kier alpha value is -0.340. The van der Waals surface area contributed by atoms with E-state index in [0.29, 0.717) is 5.92 Å². The minimum Gasteiger partial charge on any atom is -0.319 e. The molecule has 2 heteroatoms. The Kier molecular flexibility index (Phi) is 4.04. The van der Waals surface area contributed by atoms with Crippen LogP contribution in [-0.2, 0) is 6.42 Å². The van der Waals surface area contributed by atoms with Gasteiger partial charge in [-0.25, -0.2) is 0 Å². The number of hydrogen-bond donors (Lipinski definition) is 1. The molecule has 2 rings (SSSR count). The Balaban J connectivity index is 2.04. The molecule has 1 atom stereocenters. The van der Waals surface area contributed by atoms with Gasteiger partial charge in [0.2, 0.25) is 0 Å². The van der Waals surface area contributed by atoms with Crippen molar-refractivity contribution in [3.05, 3.63) is 21.4 Å². The average molecular weight is 237 g/mol. The third-order valence-electron chi connectivity index (χ3n) is 3.58. The highest BCUT2D eigenvalue weighted by atomic mass is 32.1. The quantitative estimate of drug-likeness (QED) is 0.795. The van der Waals surface area contributed by atoms with Crippen LogP contribution in [0.4, 0.5) is 0 Å². The number of hydrogen-bond acceptors (Lipinski definition) is 2. The number of thiophene rings is 1. The molecule has 1 aliphatic rings. The highest BCUT2D eigenvalue weighted by molar-refractivity contribution is 7.10. The predicted molar refractivity (Wildman–Crippen MR) is 72.4 cm³/mol. The second-order valence-corrected chi connectivity index (χ2v) is 6.16. The summed E-state index contributed by atoms with van der Waals surface area (Å²) in [6, 6.07) is 0. The van der Waals surface area contributed by atoms with Crippen molar-refractivity contribution >= 4 is 11.3 Å². The maximum atomic E-state index is 3.29. The van der Waals surface area contributed by atoms with Gasteiger partial charge in [-0.1, -0.05) is 19.8 Å². The van der Waals surface area contributed by atoms with E-state index in [1.165, 1.54) is 31.2 Å². The molecular formula is C14H23NS. The van der Waals surface area contributed by atoms with Crippen LogP contribution >= 0.6 is 11.3 Å². The van der Waals surface area contributed by atoms with Crippen LogP contribution in [0.5, 0.6) is 0 Å². The van der Waals surface area contributed by atoms with E-state index < -0.39 is 0 Å². The minimum absolute atomic E-state index is 0.658. The lowest BCUT2D eigenvalue weighted by molar-refractivity contribution is 0.662. The van der Waals surface area contributed by atoms with Gasteiger partial charge < -0.3 is 5.32 Å². The van der Waals surface area contributed by atoms with Crippen molar-refractivity contribution in [2.45, 2.75) is 45.4 Å². The summed E-state index contributed by atoms with van der Waals surface area (Å²) < 4.78 is 0. The second-order valence-electron chi connectivity index (χ2n) is 5.20. The van der Waals surface area contributed by atoms with E-state index in [4.69, 9.17) is 0 Å². The van der Waals surface area contributed by atoms with Crippen LogP contribution in [0.25, 0.3) is 0 Å². The molecule has 0 amide bonds. The fourth-order valence-corrected chi connectivity index (χ4v) is 3.68. The van der Waals surface area contributed by atoms with Gasteiger partial charge in [-0.2, -0.15) is 0 Å². The molecular weight excluding hydrogens is 214 g/mol. The Morgan fingerprint density at radius 2 is 2.25 bits per heavy atom. The highest BCUT2D eigenvalue weighted by Crippen LogP contribution is 2.36. The maximum absolute atomic E-state index is 3.29. The third kappa shape index (κ3) is 2.86. The van der Waals surface area contributed by atoms with Crippen LogP contribution in [0.1, 0.15) is 48.1 Å². The number of aryl methyl sites for hydroxylation is 2. The number of rotatable bonds is 6. The molecule has 1 saturated carbocycles. The van der Waals surface area contributed by atoms with Crippen LogP contribution in [0.15, 0.2) is 5.38 Å². The molecule has 0 saturated heterocycles. The van der Waals surface area contributed by atoms with E-state index in [9.17, 15) is 0 Å². The Bertz CT molecular complexity index is 339. The largest absolute Gasteiger partial charge is 0.319 e. The highest BCUT2D eigenvalue weighted by Gasteiger charge is 2.22. The van der Waals surface area contributed by atoms with Crippen LogP contribution in [0.3, 0.4) is 0 Å². The Morgan fingerprint density at radius 3 is 2.88 bits per heavy atom. The summed E-state index contributed by atoms with van der Waals surface area (Å²) in [6.45, 7) is 5.69. The molecule has 1 aliphatic carbocycles. The molecule has 90 valence electrons. The molecule has 0 unspecified atom stereocenters. The molecule has 0 spiro atoms. The van der Waals surface area contributed by atoms with Gasteiger partial charge in [-0.15, -0.1) is 11.3 Å². The average Bonchev–Trinajstić information content (AvgIpc) is 3.00. The summed E-state index contributed by atoms with van der Waals surface area (Å²) in [5.41, 5.74) is 3.12. The smallest absolute Gasteiger partial charge is 0.00832 e. The lowest BCUT2D eigenvalue weighted by atomic mass is 9.96. The molecule has 1 fully saturated rings. The lowest BCUT2D eigenvalue weighted by Crippen LogP contribution is -2.15. The monoisotopic (exact) mass is 237 g/mol. The van der Waals surface area contributed by atoms with Crippen molar-refractivity contribution in [1.82, 2.24) is 5.32 Å². The molecule has 1 nitrogen and oxygen atoms in total. The zero-order valence-corrected chi connectivity index (χ0v) is 11.5. The summed E-state index contributed by atoms with van der Waals surface area (Å²) in [5, 5.41) is 5.63. The minimum atomic E-state index is 0.658. The van der Waals surface area contributed by atoms with E-state index in [1.54, 1.807) is 10.4 Å². The van der Waals surface area contributed by atoms with Gasteiger partial charge in [-0.05, 0) is 55.2 Å². The van der Waals surface area contributed by atoms with Gasteiger partial charge in [0.15, 0.2) is 0 Å². The molecule has 1 N–H and O–H groups in total. The topological polar surface area (TPSA) is 12.0 Å². The number of nitrogens with one attached hydrogen (secondary N) is 1. The van der Waals surface area contributed by atoms with E-state index in [0.717, 1.165) is 12.5 Å². The van der Waals surface area contributed by atoms with Gasteiger partial charge in [0.05, 0.1) is 0 Å². The second kappa shape index (κ2) is 5.33. The molecule has 0 aromatic carbocycles. The molecule has 0 bridgehead atoms. The van der Waals surface area contributed by atoms with Crippen molar-refractivity contribution < 1.29 is 0 Å². The standard InChI is InChI=1S/C14H23NS/c1-10(8-15-3)14-11(2)9-16-13(14)7-6-12-4-5-12/h9-10,12,15H,4-8H2,1-3H3/t10-/m1/s1. The van der Waals surface area contributed by atoms with Crippen LogP contribution in [-0.4, -0.2) is 13.6 Å². The molecule has 1 heterocycles. The van der Waals surface area contributed by atoms with Crippen molar-refractivity contribution in [3.8, 4) is 0 Å². The van der Waals surface area contributed by atoms with Crippen LogP contribution in [0, 0.1) is 12.8 Å². The summed E-state index contributed by atoms with van der Waals surface area (Å²) in [7, 11) is 2.04. The van der Waals surface area contributed by atoms with Crippen molar-refractivity contribution in [3.63, 3.8) is 0 Å². The van der Waals surface area contributed by atoms with E-state index in [-0.39, 0.29) is 0 Å². The molecule has 0 aliphatic heterocycles. The van der Waals surface area contributed by atoms with E-state index in [2.05, 4.69) is 24.5 Å². The van der Waals surface area contributed by atoms with Crippen molar-refractivity contribution in [2.75, 3.05) is 13.6 Å². The predicted octanol–water partition coefficient (Wildman–Crippen LogP) is 3.72. The first-order chi connectivity index (χ1) is 7.72. The Morgan fingerprint density at radius 1 is 1.50 bits per heavy atom. The van der Waals surface area contributed by atoms with E-state index >= 15 is 0 Å². The lowest BCUT2D eigenvalue weighted by Gasteiger charge is -2.14. The van der Waals surface area contributed by atoms with Gasteiger partial charge in [0, 0.05) is 11.4 Å². The first-order valence-electron chi connectivity index (χ1n) is 6.43. The number of likely N-dealkylation sites (N-methyl/N-ethyl adjacent to an activating group) is 1. The van der Waals surface area contributed by atoms with Crippen molar-refractivity contribution in [2.24, 2.45) is 5.92 Å². The summed E-state index contributed by atoms with van der Waals surface area (Å²) in [4.78, 5) is 1.65. The normalized spacial score (nSPS) is 17.7. The summed E-state index contributed by atoms with van der Waals surface area (Å²) >= 11 is 1.97. The Labute approximate surface area is 103 Å². The van der Waals surface area contributed by atoms with Crippen LogP contribution < -0.4 is 5.32 Å². The van der Waals surface area contributed by atoms with Gasteiger partial charge >= 0.3 is 0 Å². The summed E-state index contributed by atoms with van der Waals surface area (Å²) in [6.07, 6.45) is 5.68. The zero-order chi connectivity index (χ0) is 11.5. The van der Waals surface area contributed by atoms with Crippen LogP contribution in [0.2, 0.25) is 0 Å². The van der Waals surface area contributed by atoms with Gasteiger partial charge in [0.1, 0.15) is 0 Å². The molecule has 16 heavy (non-hydrogen) atoms. The summed E-state index contributed by atoms with van der Waals surface area (Å²) in [5.74, 6) is 1.71. The van der Waals surface area contributed by atoms with Gasteiger partial charge in [0.25, 0.3) is 0 Å². The van der Waals surface area contributed by atoms with Crippen molar-refractivity contribution in [1.29, 1.82) is 0 Å². The van der Waals surface area contributed by atoms with E-state index in [1.807, 2.05) is 18.4 Å². The first kappa shape index (κ1) is 12.1.